The number of alkyl halides is 1. The molecule has 2 aromatic rings. The second kappa shape index (κ2) is 6.17. The molecule has 0 bridgehead atoms. The normalized spacial score (nSPS) is 19.1. The molecule has 1 aromatic carbocycles. The van der Waals surface area contributed by atoms with E-state index in [-0.39, 0.29) is 17.7 Å². The molecule has 0 radical (unpaired) electrons. The third-order valence-electron chi connectivity index (χ3n) is 3.49. The summed E-state index contributed by atoms with van der Waals surface area (Å²) in [6.45, 7) is 2.28. The topological polar surface area (TPSA) is 45.5 Å². The first-order chi connectivity index (χ1) is 10.2. The predicted octanol–water partition coefficient (Wildman–Crippen LogP) is 2.34. The summed E-state index contributed by atoms with van der Waals surface area (Å²) in [6.07, 6.45) is -0.0610. The lowest BCUT2D eigenvalue weighted by atomic mass is 10.2. The number of methoxy groups -OCH3 is 1. The third-order valence-corrected chi connectivity index (χ3v) is 3.73. The van der Waals surface area contributed by atoms with Gasteiger partial charge in [-0.15, -0.1) is 11.6 Å². The molecule has 1 fully saturated rings. The molecule has 5 nitrogen and oxygen atoms in total. The van der Waals surface area contributed by atoms with Crippen molar-refractivity contribution in [3.8, 4) is 5.75 Å². The molecule has 1 aliphatic rings. The zero-order valence-electron chi connectivity index (χ0n) is 11.6. The van der Waals surface area contributed by atoms with Crippen LogP contribution in [0, 0.1) is 5.82 Å². The summed E-state index contributed by atoms with van der Waals surface area (Å²) in [7, 11) is 1.44. The maximum absolute atomic E-state index is 13.8. The average molecular weight is 315 g/mol. The lowest BCUT2D eigenvalue weighted by Gasteiger charge is -2.24. The monoisotopic (exact) mass is 314 g/mol. The number of aromatic nitrogens is 2. The van der Waals surface area contributed by atoms with Crippen molar-refractivity contribution in [2.24, 2.45) is 0 Å². The van der Waals surface area contributed by atoms with Crippen molar-refractivity contribution < 1.29 is 18.6 Å². The summed E-state index contributed by atoms with van der Waals surface area (Å²) in [5.41, 5.74) is 1.33. The Morgan fingerprint density at radius 2 is 2.33 bits per heavy atom. The standard InChI is InChI=1S/C14H16ClFN2O3/c1-19-13-5-12-11(4-10(13)16)17-14(6-15)18(12)7-9-8-20-2-3-21-9/h4-5,9H,2-3,6-8H2,1H3. The van der Waals surface area contributed by atoms with Gasteiger partial charge in [-0.25, -0.2) is 9.37 Å². The minimum atomic E-state index is -0.437. The van der Waals surface area contributed by atoms with Crippen molar-refractivity contribution in [2.75, 3.05) is 26.9 Å². The largest absolute Gasteiger partial charge is 0.494 e. The van der Waals surface area contributed by atoms with Gasteiger partial charge in [0.25, 0.3) is 0 Å². The van der Waals surface area contributed by atoms with Gasteiger partial charge < -0.3 is 18.8 Å². The number of rotatable bonds is 4. The fourth-order valence-corrected chi connectivity index (χ4v) is 2.69. The van der Waals surface area contributed by atoms with Gasteiger partial charge in [-0.1, -0.05) is 0 Å². The van der Waals surface area contributed by atoms with Crippen LogP contribution in [0.15, 0.2) is 12.1 Å². The van der Waals surface area contributed by atoms with E-state index in [4.69, 9.17) is 25.8 Å². The van der Waals surface area contributed by atoms with E-state index in [2.05, 4.69) is 4.98 Å². The minimum Gasteiger partial charge on any atom is -0.494 e. The molecule has 114 valence electrons. The molecule has 7 heteroatoms. The van der Waals surface area contributed by atoms with Crippen molar-refractivity contribution in [2.45, 2.75) is 18.5 Å². The molecular formula is C14H16ClFN2O3. The second-order valence-corrected chi connectivity index (χ2v) is 5.08. The van der Waals surface area contributed by atoms with Gasteiger partial charge in [0, 0.05) is 12.1 Å². The van der Waals surface area contributed by atoms with Crippen LogP contribution in [0.4, 0.5) is 4.39 Å². The van der Waals surface area contributed by atoms with Crippen molar-refractivity contribution >= 4 is 22.6 Å². The molecule has 3 rings (SSSR count). The van der Waals surface area contributed by atoms with Gasteiger partial charge in [0.05, 0.1) is 56.5 Å². The van der Waals surface area contributed by atoms with Gasteiger partial charge in [-0.3, -0.25) is 0 Å². The lowest BCUT2D eigenvalue weighted by molar-refractivity contribution is -0.0934. The number of halogens is 2. The molecule has 1 aliphatic heterocycles. The van der Waals surface area contributed by atoms with Crippen molar-refractivity contribution in [1.29, 1.82) is 0 Å². The molecule has 0 N–H and O–H groups in total. The Morgan fingerprint density at radius 3 is 3.00 bits per heavy atom. The maximum Gasteiger partial charge on any atom is 0.167 e. The van der Waals surface area contributed by atoms with Crippen LogP contribution >= 0.6 is 11.6 Å². The van der Waals surface area contributed by atoms with Gasteiger partial charge >= 0.3 is 0 Å². The summed E-state index contributed by atoms with van der Waals surface area (Å²) >= 11 is 5.95. The molecule has 0 spiro atoms. The first-order valence-corrected chi connectivity index (χ1v) is 7.24. The summed E-state index contributed by atoms with van der Waals surface area (Å²) in [5.74, 6) is 0.665. The Kier molecular flexibility index (Phi) is 4.28. The summed E-state index contributed by atoms with van der Waals surface area (Å²) in [5, 5.41) is 0. The predicted molar refractivity (Wildman–Crippen MR) is 76.4 cm³/mol. The SMILES string of the molecule is COc1cc2c(cc1F)nc(CCl)n2CC1COCCO1. The molecule has 1 aromatic heterocycles. The minimum absolute atomic E-state index is 0.0610. The summed E-state index contributed by atoms with van der Waals surface area (Å²) in [6, 6.07) is 3.00. The quantitative estimate of drug-likeness (QED) is 0.813. The Hall–Kier alpha value is -1.37. The van der Waals surface area contributed by atoms with Gasteiger partial charge in [0.15, 0.2) is 11.6 Å². The van der Waals surface area contributed by atoms with Crippen LogP contribution in [0.5, 0.6) is 5.75 Å². The van der Waals surface area contributed by atoms with Crippen molar-refractivity contribution in [1.82, 2.24) is 9.55 Å². The van der Waals surface area contributed by atoms with Gasteiger partial charge in [-0.2, -0.15) is 0 Å². The Bertz CT molecular complexity index is 641. The number of ether oxygens (including phenoxy) is 3. The molecule has 1 saturated heterocycles. The number of hydrogen-bond donors (Lipinski definition) is 0. The maximum atomic E-state index is 13.8. The molecule has 0 aliphatic carbocycles. The average Bonchev–Trinajstić information content (AvgIpc) is 2.84. The fourth-order valence-electron chi connectivity index (χ4n) is 2.48. The van der Waals surface area contributed by atoms with E-state index in [1.165, 1.54) is 13.2 Å². The zero-order valence-corrected chi connectivity index (χ0v) is 12.4. The highest BCUT2D eigenvalue weighted by atomic mass is 35.5. The van der Waals surface area contributed by atoms with E-state index in [9.17, 15) is 4.39 Å². The molecule has 0 saturated carbocycles. The van der Waals surface area contributed by atoms with Gasteiger partial charge in [-0.05, 0) is 0 Å². The number of benzene rings is 1. The number of fused-ring (bicyclic) bond motifs is 1. The van der Waals surface area contributed by atoms with Gasteiger partial charge in [0.2, 0.25) is 0 Å². The van der Waals surface area contributed by atoms with E-state index in [0.717, 1.165) is 5.52 Å². The Labute approximate surface area is 126 Å². The molecule has 1 atom stereocenters. The molecular weight excluding hydrogens is 299 g/mol. The molecule has 2 heterocycles. The van der Waals surface area contributed by atoms with Crippen molar-refractivity contribution in [3.05, 3.63) is 23.8 Å². The summed E-state index contributed by atoms with van der Waals surface area (Å²) in [4.78, 5) is 4.37. The van der Waals surface area contributed by atoms with E-state index in [0.29, 0.717) is 37.7 Å². The van der Waals surface area contributed by atoms with Crippen LogP contribution < -0.4 is 4.74 Å². The first kappa shape index (κ1) is 14.6. The van der Waals surface area contributed by atoms with Crippen molar-refractivity contribution in [3.63, 3.8) is 0 Å². The molecule has 1 unspecified atom stereocenters. The van der Waals surface area contributed by atoms with Crippen LogP contribution in [0.1, 0.15) is 5.82 Å². The lowest BCUT2D eigenvalue weighted by Crippen LogP contribution is -2.32. The third kappa shape index (κ3) is 2.84. The van der Waals surface area contributed by atoms with Crippen LogP contribution in [0.3, 0.4) is 0 Å². The van der Waals surface area contributed by atoms with E-state index in [1.807, 2.05) is 4.57 Å². The number of nitrogens with zero attached hydrogens (tertiary/aromatic N) is 2. The second-order valence-electron chi connectivity index (χ2n) is 4.82. The van der Waals surface area contributed by atoms with Crippen LogP contribution in [-0.2, 0) is 21.9 Å². The summed E-state index contributed by atoms with van der Waals surface area (Å²) < 4.78 is 31.8. The van der Waals surface area contributed by atoms with Crippen LogP contribution in [0.2, 0.25) is 0 Å². The Morgan fingerprint density at radius 1 is 1.48 bits per heavy atom. The van der Waals surface area contributed by atoms with Crippen LogP contribution in [0.25, 0.3) is 11.0 Å². The zero-order chi connectivity index (χ0) is 14.8. The fraction of sp³-hybridized carbons (Fsp3) is 0.500. The van der Waals surface area contributed by atoms with E-state index in [1.54, 1.807) is 6.07 Å². The van der Waals surface area contributed by atoms with Gasteiger partial charge in [0.1, 0.15) is 5.82 Å². The molecule has 0 amide bonds. The molecule has 21 heavy (non-hydrogen) atoms. The Balaban J connectivity index is 2.01. The van der Waals surface area contributed by atoms with E-state index >= 15 is 0 Å². The number of imidazole rings is 1. The number of hydrogen-bond acceptors (Lipinski definition) is 4. The highest BCUT2D eigenvalue weighted by molar-refractivity contribution is 6.16. The highest BCUT2D eigenvalue weighted by Crippen LogP contribution is 2.26. The smallest absolute Gasteiger partial charge is 0.167 e. The first-order valence-electron chi connectivity index (χ1n) is 6.71. The van der Waals surface area contributed by atoms with Crippen LogP contribution in [-0.4, -0.2) is 42.6 Å². The highest BCUT2D eigenvalue weighted by Gasteiger charge is 2.20. The van der Waals surface area contributed by atoms with E-state index < -0.39 is 5.82 Å².